The van der Waals surface area contributed by atoms with E-state index < -0.39 is 23.4 Å². The summed E-state index contributed by atoms with van der Waals surface area (Å²) in [5.41, 5.74) is -0.496. The molecule has 1 aliphatic carbocycles. The van der Waals surface area contributed by atoms with Crippen molar-refractivity contribution in [3.05, 3.63) is 29.8 Å². The summed E-state index contributed by atoms with van der Waals surface area (Å²) in [5.74, 6) is -0.639. The van der Waals surface area contributed by atoms with Crippen molar-refractivity contribution in [1.29, 1.82) is 0 Å². The molecule has 0 saturated heterocycles. The van der Waals surface area contributed by atoms with Crippen LogP contribution in [-0.4, -0.2) is 61.7 Å². The highest BCUT2D eigenvalue weighted by molar-refractivity contribution is 5.79. The van der Waals surface area contributed by atoms with Gasteiger partial charge in [0.25, 0.3) is 0 Å². The van der Waals surface area contributed by atoms with E-state index in [1.807, 2.05) is 38.2 Å². The van der Waals surface area contributed by atoms with Crippen LogP contribution in [0.1, 0.15) is 71.8 Å². The van der Waals surface area contributed by atoms with Crippen molar-refractivity contribution in [2.24, 2.45) is 5.92 Å². The minimum atomic E-state index is -3.03. The quantitative estimate of drug-likeness (QED) is 0.334. The molecule has 1 aromatic carbocycles. The van der Waals surface area contributed by atoms with Crippen LogP contribution in [0.25, 0.3) is 0 Å². The zero-order valence-corrected chi connectivity index (χ0v) is 20.1. The van der Waals surface area contributed by atoms with E-state index >= 15 is 0 Å². The van der Waals surface area contributed by atoms with Crippen molar-refractivity contribution in [3.8, 4) is 0 Å². The van der Waals surface area contributed by atoms with Gasteiger partial charge in [-0.3, -0.25) is 4.79 Å². The first kappa shape index (κ1) is 26.5. The Morgan fingerprint density at radius 3 is 2.34 bits per heavy atom. The van der Waals surface area contributed by atoms with Crippen LogP contribution in [-0.2, 0) is 11.2 Å². The molecular formula is C24H41N3O5. The van der Waals surface area contributed by atoms with E-state index in [9.17, 15) is 25.2 Å². The fraction of sp³-hybridized carbons (Fsp3) is 0.708. The van der Waals surface area contributed by atoms with Gasteiger partial charge in [-0.05, 0) is 58.1 Å². The fourth-order valence-electron chi connectivity index (χ4n) is 5.27. The molecule has 0 radical (unpaired) electrons. The molecule has 2 rings (SSSR count). The number of para-hydroxylation sites is 1. The highest BCUT2D eigenvalue weighted by Gasteiger charge is 2.49. The lowest BCUT2D eigenvalue weighted by Crippen LogP contribution is -2.66. The Bertz CT molecular complexity index is 766. The van der Waals surface area contributed by atoms with Crippen molar-refractivity contribution >= 4 is 11.6 Å². The highest BCUT2D eigenvalue weighted by Crippen LogP contribution is 2.39. The van der Waals surface area contributed by atoms with E-state index in [4.69, 9.17) is 0 Å². The Kier molecular flexibility index (Phi) is 8.69. The second-order valence-corrected chi connectivity index (χ2v) is 9.83. The number of hydrogen-bond acceptors (Lipinski definition) is 7. The number of amides is 1. The SMILES string of the molecule is CNc1ccccc1CC(C)C(=O)NC1(O)CCCCCC(C)(N(C(C)C)C(O)(O)O)C1. The predicted molar refractivity (Wildman–Crippen MR) is 124 cm³/mol. The number of benzene rings is 1. The molecule has 0 heterocycles. The largest absolute Gasteiger partial charge is 0.388 e. The van der Waals surface area contributed by atoms with Crippen LogP contribution in [0.15, 0.2) is 24.3 Å². The Labute approximate surface area is 191 Å². The van der Waals surface area contributed by atoms with Gasteiger partial charge in [-0.1, -0.05) is 38.0 Å². The smallest absolute Gasteiger partial charge is 0.346 e. The molecule has 0 aliphatic heterocycles. The number of carbonyl (C=O) groups is 1. The summed E-state index contributed by atoms with van der Waals surface area (Å²) in [5, 5.41) is 47.6. The minimum Gasteiger partial charge on any atom is -0.388 e. The van der Waals surface area contributed by atoms with Gasteiger partial charge in [0.05, 0.1) is 0 Å². The average molecular weight is 452 g/mol. The Morgan fingerprint density at radius 2 is 1.75 bits per heavy atom. The van der Waals surface area contributed by atoms with Gasteiger partial charge in [0, 0.05) is 36.7 Å². The Balaban J connectivity index is 2.22. The van der Waals surface area contributed by atoms with E-state index in [1.165, 1.54) is 4.90 Å². The molecule has 32 heavy (non-hydrogen) atoms. The van der Waals surface area contributed by atoms with Gasteiger partial charge in [-0.2, -0.15) is 0 Å². The summed E-state index contributed by atoms with van der Waals surface area (Å²) in [6, 6.07) is 7.39. The van der Waals surface area contributed by atoms with E-state index in [1.54, 1.807) is 20.8 Å². The molecule has 1 saturated carbocycles. The summed E-state index contributed by atoms with van der Waals surface area (Å²) in [6.07, 6.45) is 0.837. The molecule has 6 N–H and O–H groups in total. The van der Waals surface area contributed by atoms with Crippen LogP contribution in [0, 0.1) is 5.92 Å². The first-order valence-corrected chi connectivity index (χ1v) is 11.6. The molecule has 1 amide bonds. The molecule has 0 bridgehead atoms. The second kappa shape index (κ2) is 10.5. The molecule has 1 aromatic rings. The lowest BCUT2D eigenvalue weighted by atomic mass is 9.79. The van der Waals surface area contributed by atoms with Crippen LogP contribution in [0.3, 0.4) is 0 Å². The van der Waals surface area contributed by atoms with Crippen LogP contribution in [0.5, 0.6) is 0 Å². The maximum Gasteiger partial charge on any atom is 0.346 e. The Morgan fingerprint density at radius 1 is 1.12 bits per heavy atom. The van der Waals surface area contributed by atoms with Gasteiger partial charge in [0.1, 0.15) is 5.72 Å². The second-order valence-electron chi connectivity index (χ2n) is 9.83. The van der Waals surface area contributed by atoms with Crippen molar-refractivity contribution in [3.63, 3.8) is 0 Å². The van der Waals surface area contributed by atoms with Crippen molar-refractivity contribution in [1.82, 2.24) is 10.2 Å². The zero-order valence-electron chi connectivity index (χ0n) is 20.1. The minimum absolute atomic E-state index is 0.0627. The van der Waals surface area contributed by atoms with Crippen LogP contribution >= 0.6 is 0 Å². The third-order valence-electron chi connectivity index (χ3n) is 6.52. The van der Waals surface area contributed by atoms with Gasteiger partial charge in [-0.15, -0.1) is 0 Å². The third kappa shape index (κ3) is 6.65. The number of nitrogens with one attached hydrogen (secondary N) is 2. The number of hydrogen-bond donors (Lipinski definition) is 6. The molecule has 3 atom stereocenters. The summed E-state index contributed by atoms with van der Waals surface area (Å²) in [4.78, 5) is 14.3. The van der Waals surface area contributed by atoms with Crippen LogP contribution in [0.2, 0.25) is 0 Å². The number of rotatable bonds is 8. The molecule has 1 aliphatic rings. The molecule has 3 unspecified atom stereocenters. The van der Waals surface area contributed by atoms with Crippen molar-refractivity contribution in [2.45, 2.75) is 96.0 Å². The first-order chi connectivity index (χ1) is 14.8. The van der Waals surface area contributed by atoms with Crippen molar-refractivity contribution in [2.75, 3.05) is 12.4 Å². The third-order valence-corrected chi connectivity index (χ3v) is 6.52. The lowest BCUT2D eigenvalue weighted by Gasteiger charge is -2.51. The lowest BCUT2D eigenvalue weighted by molar-refractivity contribution is -0.419. The summed E-state index contributed by atoms with van der Waals surface area (Å²) in [6.45, 7) is 7.12. The van der Waals surface area contributed by atoms with Gasteiger partial charge < -0.3 is 31.1 Å². The van der Waals surface area contributed by atoms with Crippen LogP contribution in [0.4, 0.5) is 5.69 Å². The topological polar surface area (TPSA) is 125 Å². The molecule has 182 valence electrons. The van der Waals surface area contributed by atoms with E-state index in [-0.39, 0.29) is 18.2 Å². The molecular weight excluding hydrogens is 410 g/mol. The van der Waals surface area contributed by atoms with Gasteiger partial charge in [0.15, 0.2) is 0 Å². The van der Waals surface area contributed by atoms with E-state index in [2.05, 4.69) is 10.6 Å². The first-order valence-electron chi connectivity index (χ1n) is 11.6. The number of carbonyl (C=O) groups excluding carboxylic acids is 1. The van der Waals surface area contributed by atoms with E-state index in [0.29, 0.717) is 19.3 Å². The standard InChI is InChI=1S/C24H41N3O5/c1-17(2)27(24(30,31)32)22(4)13-9-6-10-14-23(29,16-22)26-21(28)18(3)15-19-11-7-8-12-20(19)25-5/h7-8,11-12,17-18,25,29-32H,6,9-10,13-16H2,1-5H3,(H,26,28). The number of aliphatic hydroxyl groups is 4. The van der Waals surface area contributed by atoms with Gasteiger partial charge >= 0.3 is 6.10 Å². The summed E-state index contributed by atoms with van der Waals surface area (Å²) >= 11 is 0. The molecule has 8 nitrogen and oxygen atoms in total. The zero-order chi connectivity index (χ0) is 24.2. The summed E-state index contributed by atoms with van der Waals surface area (Å²) in [7, 11) is 1.84. The molecule has 0 aromatic heterocycles. The van der Waals surface area contributed by atoms with Crippen molar-refractivity contribution < 1.29 is 25.2 Å². The monoisotopic (exact) mass is 451 g/mol. The fourth-order valence-corrected chi connectivity index (χ4v) is 5.27. The highest BCUT2D eigenvalue weighted by atomic mass is 16.7. The van der Waals surface area contributed by atoms with E-state index in [0.717, 1.165) is 30.5 Å². The molecule has 8 heteroatoms. The van der Waals surface area contributed by atoms with Crippen LogP contribution < -0.4 is 10.6 Å². The molecule has 1 fully saturated rings. The maximum atomic E-state index is 13.1. The predicted octanol–water partition coefficient (Wildman–Crippen LogP) is 2.12. The normalized spacial score (nSPS) is 25.8. The summed E-state index contributed by atoms with van der Waals surface area (Å²) < 4.78 is 0. The maximum absolute atomic E-state index is 13.1. The average Bonchev–Trinajstić information content (AvgIpc) is 2.65. The van der Waals surface area contributed by atoms with Gasteiger partial charge in [-0.25, -0.2) is 4.90 Å². The number of nitrogens with zero attached hydrogens (tertiary/aromatic N) is 1. The number of anilines is 1. The Hall–Kier alpha value is -1.71. The van der Waals surface area contributed by atoms with Gasteiger partial charge in [0.2, 0.25) is 5.91 Å². The molecule has 0 spiro atoms.